The molecule has 23 heavy (non-hydrogen) atoms. The molecule has 0 aliphatic carbocycles. The van der Waals surface area contributed by atoms with Crippen LogP contribution in [0, 0.1) is 0 Å². The van der Waals surface area contributed by atoms with Gasteiger partial charge in [-0.1, -0.05) is 56.3 Å². The van der Waals surface area contributed by atoms with Crippen LogP contribution < -0.4 is 9.47 Å². The number of para-hydroxylation sites is 1. The van der Waals surface area contributed by atoms with E-state index in [9.17, 15) is 4.79 Å². The number of aliphatic carboxylic acids is 1. The Bertz CT molecular complexity index is 662. The van der Waals surface area contributed by atoms with Crippen LogP contribution in [0.15, 0.2) is 48.5 Å². The molecule has 0 atom stereocenters. The second kappa shape index (κ2) is 7.18. The predicted molar refractivity (Wildman–Crippen MR) is 89.0 cm³/mol. The third-order valence-electron chi connectivity index (χ3n) is 3.75. The molecule has 2 aromatic carbocycles. The number of carboxylic acids is 1. The number of benzene rings is 2. The van der Waals surface area contributed by atoms with Crippen LogP contribution in [0.5, 0.6) is 11.5 Å². The molecular weight excluding hydrogens is 292 g/mol. The molecule has 2 aromatic rings. The van der Waals surface area contributed by atoms with Gasteiger partial charge in [0.15, 0.2) is 11.5 Å². The molecule has 1 N–H and O–H groups in total. The van der Waals surface area contributed by atoms with Crippen molar-refractivity contribution >= 4 is 5.97 Å². The molecule has 0 amide bonds. The van der Waals surface area contributed by atoms with Crippen molar-refractivity contribution in [1.29, 1.82) is 0 Å². The van der Waals surface area contributed by atoms with E-state index in [-0.39, 0.29) is 6.42 Å². The Labute approximate surface area is 136 Å². The monoisotopic (exact) mass is 314 g/mol. The van der Waals surface area contributed by atoms with E-state index in [1.165, 1.54) is 0 Å². The van der Waals surface area contributed by atoms with E-state index >= 15 is 0 Å². The van der Waals surface area contributed by atoms with Crippen LogP contribution in [0.3, 0.4) is 0 Å². The molecule has 4 nitrogen and oxygen atoms in total. The Hall–Kier alpha value is -2.49. The van der Waals surface area contributed by atoms with Gasteiger partial charge >= 0.3 is 5.97 Å². The van der Waals surface area contributed by atoms with Crippen molar-refractivity contribution in [2.24, 2.45) is 0 Å². The first-order valence-corrected chi connectivity index (χ1v) is 7.50. The van der Waals surface area contributed by atoms with Crippen molar-refractivity contribution in [3.8, 4) is 11.5 Å². The van der Waals surface area contributed by atoms with Gasteiger partial charge in [-0.25, -0.2) is 0 Å². The molecule has 0 bridgehead atoms. The molecule has 0 heterocycles. The largest absolute Gasteiger partial charge is 0.493 e. The molecule has 0 saturated heterocycles. The molecular formula is C19H22O4. The predicted octanol–water partition coefficient (Wildman–Crippen LogP) is 4.03. The van der Waals surface area contributed by atoms with Gasteiger partial charge in [-0.3, -0.25) is 4.79 Å². The first-order chi connectivity index (χ1) is 10.9. The molecule has 2 rings (SSSR count). The highest BCUT2D eigenvalue weighted by Gasteiger charge is 2.29. The first kappa shape index (κ1) is 16.9. The fraction of sp³-hybridized carbons (Fsp3) is 0.316. The summed E-state index contributed by atoms with van der Waals surface area (Å²) < 4.78 is 11.4. The van der Waals surface area contributed by atoms with Crippen LogP contribution in [0.1, 0.15) is 31.4 Å². The number of ether oxygens (including phenoxy) is 2. The topological polar surface area (TPSA) is 55.8 Å². The van der Waals surface area contributed by atoms with E-state index in [4.69, 9.17) is 14.6 Å². The van der Waals surface area contributed by atoms with Gasteiger partial charge in [0.05, 0.1) is 13.5 Å². The summed E-state index contributed by atoms with van der Waals surface area (Å²) in [5.41, 5.74) is 1.31. The summed E-state index contributed by atoms with van der Waals surface area (Å²) in [5, 5.41) is 9.16. The Morgan fingerprint density at radius 2 is 1.78 bits per heavy atom. The third kappa shape index (κ3) is 4.25. The second-order valence-corrected chi connectivity index (χ2v) is 6.07. The highest BCUT2D eigenvalue weighted by Crippen LogP contribution is 2.40. The van der Waals surface area contributed by atoms with Crippen LogP contribution in [0.25, 0.3) is 0 Å². The fourth-order valence-corrected chi connectivity index (χ4v) is 2.56. The zero-order valence-corrected chi connectivity index (χ0v) is 13.7. The van der Waals surface area contributed by atoms with Crippen LogP contribution in [0.2, 0.25) is 0 Å². The van der Waals surface area contributed by atoms with Crippen molar-refractivity contribution in [3.63, 3.8) is 0 Å². The average Bonchev–Trinajstić information content (AvgIpc) is 2.52. The second-order valence-electron chi connectivity index (χ2n) is 6.07. The van der Waals surface area contributed by atoms with Gasteiger partial charge in [0.1, 0.15) is 6.61 Å². The first-order valence-electron chi connectivity index (χ1n) is 7.50. The number of methoxy groups -OCH3 is 1. The van der Waals surface area contributed by atoms with E-state index in [1.807, 2.05) is 62.4 Å². The highest BCUT2D eigenvalue weighted by molar-refractivity contribution is 5.69. The average molecular weight is 314 g/mol. The molecule has 4 heteroatoms. The summed E-state index contributed by atoms with van der Waals surface area (Å²) in [7, 11) is 1.58. The van der Waals surface area contributed by atoms with Crippen LogP contribution in [-0.4, -0.2) is 18.2 Å². The van der Waals surface area contributed by atoms with E-state index in [0.717, 1.165) is 11.1 Å². The Morgan fingerprint density at radius 3 is 2.39 bits per heavy atom. The summed E-state index contributed by atoms with van der Waals surface area (Å²) in [6, 6.07) is 15.4. The molecule has 0 aromatic heterocycles. The summed E-state index contributed by atoms with van der Waals surface area (Å²) in [6.07, 6.45) is 0.0157. The number of carboxylic acid groups (broad SMARTS) is 1. The maximum atomic E-state index is 11.2. The van der Waals surface area contributed by atoms with Gasteiger partial charge in [-0.15, -0.1) is 0 Å². The maximum Gasteiger partial charge on any atom is 0.304 e. The summed E-state index contributed by atoms with van der Waals surface area (Å²) in [5.74, 6) is 0.369. The molecule has 0 radical (unpaired) electrons. The van der Waals surface area contributed by atoms with Crippen molar-refractivity contribution in [2.75, 3.05) is 7.11 Å². The molecule has 0 aliphatic rings. The number of rotatable bonds is 7. The summed E-state index contributed by atoms with van der Waals surface area (Å²) >= 11 is 0. The van der Waals surface area contributed by atoms with Gasteiger partial charge < -0.3 is 14.6 Å². The minimum Gasteiger partial charge on any atom is -0.493 e. The van der Waals surface area contributed by atoms with Crippen LogP contribution in [-0.2, 0) is 16.8 Å². The lowest BCUT2D eigenvalue weighted by atomic mass is 9.81. The Morgan fingerprint density at radius 1 is 1.09 bits per heavy atom. The molecule has 0 unspecified atom stereocenters. The van der Waals surface area contributed by atoms with Gasteiger partial charge in [0.25, 0.3) is 0 Å². The number of hydrogen-bond donors (Lipinski definition) is 1. The lowest BCUT2D eigenvalue weighted by molar-refractivity contribution is -0.138. The lowest BCUT2D eigenvalue weighted by Crippen LogP contribution is -2.23. The summed E-state index contributed by atoms with van der Waals surface area (Å²) in [4.78, 5) is 11.2. The van der Waals surface area contributed by atoms with E-state index in [0.29, 0.717) is 18.1 Å². The molecule has 122 valence electrons. The van der Waals surface area contributed by atoms with E-state index in [2.05, 4.69) is 0 Å². The highest BCUT2D eigenvalue weighted by atomic mass is 16.5. The van der Waals surface area contributed by atoms with Crippen molar-refractivity contribution < 1.29 is 19.4 Å². The van der Waals surface area contributed by atoms with E-state index in [1.54, 1.807) is 7.11 Å². The Balaban J connectivity index is 2.34. The fourth-order valence-electron chi connectivity index (χ4n) is 2.56. The normalized spacial score (nSPS) is 11.1. The van der Waals surface area contributed by atoms with Crippen molar-refractivity contribution in [1.82, 2.24) is 0 Å². The van der Waals surface area contributed by atoms with Gasteiger partial charge in [-0.2, -0.15) is 0 Å². The minimum atomic E-state index is -0.841. The SMILES string of the molecule is COc1cccc(C(C)(C)CC(=O)O)c1OCc1ccccc1. The van der Waals surface area contributed by atoms with Gasteiger partial charge in [0, 0.05) is 11.0 Å². The zero-order valence-electron chi connectivity index (χ0n) is 13.7. The molecule has 0 fully saturated rings. The van der Waals surface area contributed by atoms with Gasteiger partial charge in [0.2, 0.25) is 0 Å². The van der Waals surface area contributed by atoms with Gasteiger partial charge in [-0.05, 0) is 11.6 Å². The Kier molecular flexibility index (Phi) is 5.27. The smallest absolute Gasteiger partial charge is 0.304 e. The summed E-state index contributed by atoms with van der Waals surface area (Å²) in [6.45, 7) is 4.19. The maximum absolute atomic E-state index is 11.2. The number of hydrogen-bond acceptors (Lipinski definition) is 3. The van der Waals surface area contributed by atoms with Crippen molar-refractivity contribution in [3.05, 3.63) is 59.7 Å². The minimum absolute atomic E-state index is 0.0157. The zero-order chi connectivity index (χ0) is 16.9. The van der Waals surface area contributed by atoms with E-state index < -0.39 is 11.4 Å². The number of carbonyl (C=O) groups is 1. The molecule has 0 spiro atoms. The quantitative estimate of drug-likeness (QED) is 0.838. The molecule has 0 aliphatic heterocycles. The third-order valence-corrected chi connectivity index (χ3v) is 3.75. The van der Waals surface area contributed by atoms with Crippen LogP contribution in [0.4, 0.5) is 0 Å². The standard InChI is InChI=1S/C19H22O4/c1-19(2,12-17(20)21)15-10-7-11-16(22-3)18(15)23-13-14-8-5-4-6-9-14/h4-11H,12-13H2,1-3H3,(H,20,21). The van der Waals surface area contributed by atoms with Crippen molar-refractivity contribution in [2.45, 2.75) is 32.3 Å². The molecule has 0 saturated carbocycles. The lowest BCUT2D eigenvalue weighted by Gasteiger charge is -2.27. The van der Waals surface area contributed by atoms with Crippen LogP contribution >= 0.6 is 0 Å².